The van der Waals surface area contributed by atoms with Gasteiger partial charge in [-0.2, -0.15) is 16.8 Å². The Kier molecular flexibility index (Phi) is 2.54. The first-order chi connectivity index (χ1) is 6.21. The molecule has 10 heteroatoms. The first-order valence-electron chi connectivity index (χ1n) is 2.99. The largest absolute Gasteiger partial charge is 0.330 e. The van der Waals surface area contributed by atoms with Gasteiger partial charge in [0.15, 0.2) is 5.03 Å². The highest BCUT2D eigenvalue weighted by Gasteiger charge is 2.18. The maximum absolute atomic E-state index is 10.5. The van der Waals surface area contributed by atoms with E-state index < -0.39 is 30.4 Å². The summed E-state index contributed by atoms with van der Waals surface area (Å²) in [5.41, 5.74) is 0. The Hall–Kier alpha value is -1.10. The Balaban J connectivity index is 3.44. The quantitative estimate of drug-likeness (QED) is 0.380. The highest BCUT2D eigenvalue weighted by atomic mass is 32.2. The molecule has 78 valence electrons. The fourth-order valence-electron chi connectivity index (χ4n) is 0.593. The van der Waals surface area contributed by atoms with Gasteiger partial charge < -0.3 is 0 Å². The molecule has 0 unspecified atom stereocenters. The molecule has 0 aromatic carbocycles. The molecule has 1 heterocycles. The monoisotopic (exact) mass is 240 g/mol. The van der Waals surface area contributed by atoms with Crippen LogP contribution in [0.4, 0.5) is 0 Å². The second-order valence-corrected chi connectivity index (χ2v) is 4.81. The van der Waals surface area contributed by atoms with Gasteiger partial charge in [-0.05, 0) is 6.07 Å². The number of rotatable bonds is 2. The van der Waals surface area contributed by atoms with Crippen molar-refractivity contribution in [3.63, 3.8) is 0 Å². The van der Waals surface area contributed by atoms with Gasteiger partial charge in [0.05, 0.1) is 0 Å². The van der Waals surface area contributed by atoms with Crippen LogP contribution < -0.4 is 0 Å². The van der Waals surface area contributed by atoms with E-state index >= 15 is 0 Å². The van der Waals surface area contributed by atoms with Crippen molar-refractivity contribution in [1.29, 1.82) is 0 Å². The number of hydrogen-bond acceptors (Lipinski definition) is 6. The number of nitrogens with zero attached hydrogens (tertiary/aromatic N) is 2. The molecule has 0 bridgehead atoms. The second kappa shape index (κ2) is 3.24. The molecule has 0 radical (unpaired) electrons. The predicted molar refractivity (Wildman–Crippen MR) is 41.7 cm³/mol. The summed E-state index contributed by atoms with van der Waals surface area (Å²) in [5.74, 6) is 0. The Labute approximate surface area is 79.1 Å². The van der Waals surface area contributed by atoms with Crippen molar-refractivity contribution in [2.24, 2.45) is 0 Å². The summed E-state index contributed by atoms with van der Waals surface area (Å²) in [6.45, 7) is 0. The molecule has 0 aliphatic carbocycles. The molecule has 0 spiro atoms. The van der Waals surface area contributed by atoms with Crippen LogP contribution in [0.25, 0.3) is 0 Å². The molecule has 14 heavy (non-hydrogen) atoms. The summed E-state index contributed by atoms with van der Waals surface area (Å²) in [6, 6.07) is 0.782. The van der Waals surface area contributed by atoms with Gasteiger partial charge in [-0.3, -0.25) is 9.11 Å². The molecule has 0 aliphatic rings. The van der Waals surface area contributed by atoms with E-state index in [4.69, 9.17) is 9.11 Å². The lowest BCUT2D eigenvalue weighted by atomic mass is 10.7. The standard InChI is InChI=1S/C4H4N2O6S2/c7-13(8,9)3-1-2-5-4(6-3)14(10,11)12/h1-2H,(H,7,8,9)(H,10,11,12). The van der Waals surface area contributed by atoms with Crippen molar-refractivity contribution in [3.05, 3.63) is 12.3 Å². The van der Waals surface area contributed by atoms with Crippen LogP contribution in [0.15, 0.2) is 22.4 Å². The number of aromatic nitrogens is 2. The molecule has 8 nitrogen and oxygen atoms in total. The van der Waals surface area contributed by atoms with E-state index in [1.54, 1.807) is 0 Å². The summed E-state index contributed by atoms with van der Waals surface area (Å²) in [7, 11) is -9.30. The average Bonchev–Trinajstić information content (AvgIpc) is 2.01. The van der Waals surface area contributed by atoms with Crippen LogP contribution in [0.3, 0.4) is 0 Å². The van der Waals surface area contributed by atoms with Crippen LogP contribution in [0.1, 0.15) is 0 Å². The zero-order valence-electron chi connectivity index (χ0n) is 6.39. The number of hydrogen-bond donors (Lipinski definition) is 2. The Bertz CT molecular complexity index is 500. The first kappa shape index (κ1) is 11.0. The lowest BCUT2D eigenvalue weighted by Gasteiger charge is -1.97. The highest BCUT2D eigenvalue weighted by Crippen LogP contribution is 2.06. The molecule has 0 atom stereocenters. The van der Waals surface area contributed by atoms with Crippen LogP contribution in [0.5, 0.6) is 0 Å². The minimum atomic E-state index is -4.68. The molecule has 2 N–H and O–H groups in total. The van der Waals surface area contributed by atoms with Crippen LogP contribution >= 0.6 is 0 Å². The fourth-order valence-corrected chi connectivity index (χ4v) is 1.49. The van der Waals surface area contributed by atoms with E-state index in [0.29, 0.717) is 0 Å². The normalized spacial score (nSPS) is 12.7. The third-order valence-electron chi connectivity index (χ3n) is 1.10. The van der Waals surface area contributed by atoms with Gasteiger partial charge in [0.2, 0.25) is 0 Å². The Morgan fingerprint density at radius 3 is 2.07 bits per heavy atom. The van der Waals surface area contributed by atoms with Crippen molar-refractivity contribution in [2.45, 2.75) is 10.2 Å². The summed E-state index contributed by atoms with van der Waals surface area (Å²) in [4.78, 5) is 6.03. The molecule has 1 aromatic rings. The van der Waals surface area contributed by atoms with Gasteiger partial charge in [0, 0.05) is 6.20 Å². The van der Waals surface area contributed by atoms with Crippen molar-refractivity contribution in [1.82, 2.24) is 9.97 Å². The molecule has 0 aliphatic heterocycles. The summed E-state index contributed by atoms with van der Waals surface area (Å²) in [6.07, 6.45) is 0.777. The molecule has 0 saturated heterocycles. The van der Waals surface area contributed by atoms with E-state index in [1.807, 2.05) is 0 Å². The third-order valence-corrected chi connectivity index (χ3v) is 2.52. The predicted octanol–water partition coefficient (Wildman–Crippen LogP) is -1.03. The van der Waals surface area contributed by atoms with Crippen molar-refractivity contribution < 1.29 is 25.9 Å². The molecule has 1 rings (SSSR count). The lowest BCUT2D eigenvalue weighted by Crippen LogP contribution is -2.09. The van der Waals surface area contributed by atoms with Crippen LogP contribution in [0, 0.1) is 0 Å². The minimum Gasteiger partial charge on any atom is -0.281 e. The van der Waals surface area contributed by atoms with E-state index in [9.17, 15) is 16.8 Å². The molecule has 0 saturated carbocycles. The van der Waals surface area contributed by atoms with Gasteiger partial charge >= 0.3 is 20.2 Å². The van der Waals surface area contributed by atoms with Crippen molar-refractivity contribution in [2.75, 3.05) is 0 Å². The van der Waals surface area contributed by atoms with E-state index in [1.165, 1.54) is 0 Å². The van der Waals surface area contributed by atoms with Crippen LogP contribution in [0.2, 0.25) is 0 Å². The summed E-state index contributed by atoms with van der Waals surface area (Å²) >= 11 is 0. The summed E-state index contributed by atoms with van der Waals surface area (Å²) in [5, 5.41) is -1.99. The SMILES string of the molecule is O=S(=O)(O)c1ccnc(S(=O)(=O)O)n1. The summed E-state index contributed by atoms with van der Waals surface area (Å²) < 4.78 is 58.9. The smallest absolute Gasteiger partial charge is 0.281 e. The Morgan fingerprint density at radius 2 is 1.64 bits per heavy atom. The van der Waals surface area contributed by atoms with Crippen LogP contribution in [-0.2, 0) is 20.2 Å². The van der Waals surface area contributed by atoms with Gasteiger partial charge in [-0.1, -0.05) is 0 Å². The van der Waals surface area contributed by atoms with Gasteiger partial charge in [0.25, 0.3) is 5.16 Å². The topological polar surface area (TPSA) is 135 Å². The lowest BCUT2D eigenvalue weighted by molar-refractivity contribution is 0.466. The zero-order chi connectivity index (χ0) is 11.0. The molecule has 0 fully saturated rings. The molecular weight excluding hydrogens is 236 g/mol. The fraction of sp³-hybridized carbons (Fsp3) is 0. The van der Waals surface area contributed by atoms with E-state index in [2.05, 4.69) is 9.97 Å². The van der Waals surface area contributed by atoms with Crippen LogP contribution in [-0.4, -0.2) is 35.9 Å². The van der Waals surface area contributed by atoms with Gasteiger partial charge in [0.1, 0.15) is 0 Å². The highest BCUT2D eigenvalue weighted by molar-refractivity contribution is 7.86. The van der Waals surface area contributed by atoms with Crippen molar-refractivity contribution >= 4 is 20.2 Å². The van der Waals surface area contributed by atoms with Gasteiger partial charge in [-0.15, -0.1) is 0 Å². The third kappa shape index (κ3) is 2.45. The maximum atomic E-state index is 10.5. The molecule has 0 amide bonds. The second-order valence-electron chi connectivity index (χ2n) is 2.13. The average molecular weight is 240 g/mol. The molecular formula is C4H4N2O6S2. The van der Waals surface area contributed by atoms with E-state index in [0.717, 1.165) is 12.3 Å². The first-order valence-corrected chi connectivity index (χ1v) is 5.87. The molecule has 1 aromatic heterocycles. The van der Waals surface area contributed by atoms with E-state index in [-0.39, 0.29) is 0 Å². The zero-order valence-corrected chi connectivity index (χ0v) is 8.03. The Morgan fingerprint density at radius 1 is 1.07 bits per heavy atom. The minimum absolute atomic E-state index is 0.777. The maximum Gasteiger partial charge on any atom is 0.330 e. The van der Waals surface area contributed by atoms with Gasteiger partial charge in [-0.25, -0.2) is 9.97 Å². The van der Waals surface area contributed by atoms with Crippen molar-refractivity contribution in [3.8, 4) is 0 Å².